The first-order valence-electron chi connectivity index (χ1n) is 12.0. The van der Waals surface area contributed by atoms with Gasteiger partial charge in [0.25, 0.3) is 0 Å². The van der Waals surface area contributed by atoms with Crippen molar-refractivity contribution in [3.05, 3.63) is 57.6 Å². The topological polar surface area (TPSA) is 38.7 Å². The summed E-state index contributed by atoms with van der Waals surface area (Å²) < 4.78 is 12.4. The highest BCUT2D eigenvalue weighted by atomic mass is 31.2. The highest BCUT2D eigenvalue weighted by molar-refractivity contribution is 7.41. The van der Waals surface area contributed by atoms with E-state index < -0.39 is 8.60 Å². The third-order valence-corrected chi connectivity index (χ3v) is 7.08. The molecule has 0 saturated heterocycles. The molecule has 0 saturated carbocycles. The first-order valence-corrected chi connectivity index (χ1v) is 13.1. The van der Waals surface area contributed by atoms with Crippen molar-refractivity contribution in [1.82, 2.24) is 0 Å². The van der Waals surface area contributed by atoms with Gasteiger partial charge in [0.15, 0.2) is 0 Å². The quantitative estimate of drug-likeness (QED) is 0.393. The Balaban J connectivity index is 2.36. The molecule has 0 aliphatic carbocycles. The molecular formula is C29H43O3P. The van der Waals surface area contributed by atoms with Gasteiger partial charge in [-0.1, -0.05) is 107 Å². The van der Waals surface area contributed by atoms with Gasteiger partial charge in [-0.05, 0) is 43.9 Å². The Labute approximate surface area is 202 Å². The number of benzene rings is 2. The smallest absolute Gasteiger partial charge is 0.417 e. The van der Waals surface area contributed by atoms with Crippen molar-refractivity contribution >= 4 is 8.60 Å². The van der Waals surface area contributed by atoms with Crippen LogP contribution in [0.2, 0.25) is 0 Å². The van der Waals surface area contributed by atoms with Gasteiger partial charge in [-0.3, -0.25) is 0 Å². The minimum absolute atomic E-state index is 0.00447. The normalized spacial score (nSPS) is 15.7. The van der Waals surface area contributed by atoms with Crippen LogP contribution in [0.1, 0.15) is 116 Å². The molecule has 0 fully saturated rings. The highest BCUT2D eigenvalue weighted by Gasteiger charge is 2.33. The Morgan fingerprint density at radius 2 is 0.909 bits per heavy atom. The van der Waals surface area contributed by atoms with Crippen molar-refractivity contribution in [2.45, 2.75) is 111 Å². The predicted molar refractivity (Wildman–Crippen MR) is 141 cm³/mol. The molecule has 2 aromatic carbocycles. The molecule has 4 heteroatoms. The monoisotopic (exact) mass is 470 g/mol. The van der Waals surface area contributed by atoms with Gasteiger partial charge in [0.1, 0.15) is 11.5 Å². The summed E-state index contributed by atoms with van der Waals surface area (Å²) in [6, 6.07) is 9.03. The zero-order valence-electron chi connectivity index (χ0n) is 22.7. The molecule has 3 rings (SSSR count). The summed E-state index contributed by atoms with van der Waals surface area (Å²) in [5.41, 5.74) is 6.76. The maximum Gasteiger partial charge on any atom is 0.460 e. The average molecular weight is 471 g/mol. The molecule has 0 aromatic heterocycles. The van der Waals surface area contributed by atoms with Gasteiger partial charge in [-0.25, -0.2) is 0 Å². The maximum absolute atomic E-state index is 11.0. The SMILES string of the molecule is CC(C)(C)c1cc2c(c(C(C)(C)C)c1)OP(O)Oc1c(cc(C(C)(C)C)cc1C(C)(C)C)C2. The van der Waals surface area contributed by atoms with Crippen LogP contribution in [0, 0.1) is 0 Å². The molecule has 33 heavy (non-hydrogen) atoms. The fraction of sp³-hybridized carbons (Fsp3) is 0.586. The van der Waals surface area contributed by atoms with Crippen molar-refractivity contribution in [2.75, 3.05) is 0 Å². The summed E-state index contributed by atoms with van der Waals surface area (Å²) in [6.07, 6.45) is 0.702. The predicted octanol–water partition coefficient (Wildman–Crippen LogP) is 8.46. The van der Waals surface area contributed by atoms with E-state index >= 15 is 0 Å². The molecule has 1 aliphatic heterocycles. The van der Waals surface area contributed by atoms with Gasteiger partial charge in [0.05, 0.1) is 0 Å². The van der Waals surface area contributed by atoms with Crippen LogP contribution in [0.5, 0.6) is 11.5 Å². The molecule has 3 nitrogen and oxygen atoms in total. The minimum atomic E-state index is -2.11. The molecule has 0 amide bonds. The van der Waals surface area contributed by atoms with Crippen LogP contribution in [0.25, 0.3) is 0 Å². The molecule has 0 atom stereocenters. The highest BCUT2D eigenvalue weighted by Crippen LogP contribution is 2.51. The lowest BCUT2D eigenvalue weighted by Gasteiger charge is -2.33. The second-order valence-electron chi connectivity index (χ2n) is 13.6. The van der Waals surface area contributed by atoms with Gasteiger partial charge in [-0.2, -0.15) is 0 Å². The van der Waals surface area contributed by atoms with E-state index in [1.165, 1.54) is 11.1 Å². The lowest BCUT2D eigenvalue weighted by molar-refractivity contribution is 0.363. The molecule has 0 unspecified atom stereocenters. The number of hydrogen-bond acceptors (Lipinski definition) is 3. The summed E-state index contributed by atoms with van der Waals surface area (Å²) in [6.45, 7) is 26.7. The molecule has 1 heterocycles. The van der Waals surface area contributed by atoms with Crippen LogP contribution in [-0.2, 0) is 28.1 Å². The Hall–Kier alpha value is -1.57. The molecule has 0 bridgehead atoms. The second kappa shape index (κ2) is 8.28. The Bertz CT molecular complexity index is 957. The van der Waals surface area contributed by atoms with E-state index in [0.29, 0.717) is 6.42 Å². The second-order valence-corrected chi connectivity index (χ2v) is 14.5. The Morgan fingerprint density at radius 3 is 1.18 bits per heavy atom. The summed E-state index contributed by atoms with van der Waals surface area (Å²) in [5.74, 6) is 1.54. The van der Waals surface area contributed by atoms with Crippen LogP contribution >= 0.6 is 8.60 Å². The summed E-state index contributed by atoms with van der Waals surface area (Å²) in [5, 5.41) is 0. The average Bonchev–Trinajstić information content (AvgIpc) is 2.58. The van der Waals surface area contributed by atoms with E-state index in [2.05, 4.69) is 107 Å². The largest absolute Gasteiger partial charge is 0.460 e. The van der Waals surface area contributed by atoms with Gasteiger partial charge in [-0.15, -0.1) is 0 Å². The third kappa shape index (κ3) is 5.57. The van der Waals surface area contributed by atoms with Gasteiger partial charge < -0.3 is 13.9 Å². The van der Waals surface area contributed by atoms with Crippen molar-refractivity contribution < 1.29 is 13.9 Å². The van der Waals surface area contributed by atoms with Crippen LogP contribution in [0.3, 0.4) is 0 Å². The fourth-order valence-corrected chi connectivity index (χ4v) is 5.00. The maximum atomic E-state index is 11.0. The van der Waals surface area contributed by atoms with Gasteiger partial charge in [0.2, 0.25) is 0 Å². The Kier molecular flexibility index (Phi) is 6.53. The summed E-state index contributed by atoms with van der Waals surface area (Å²) in [7, 11) is -2.11. The number of rotatable bonds is 0. The van der Waals surface area contributed by atoms with E-state index in [-0.39, 0.29) is 21.7 Å². The van der Waals surface area contributed by atoms with Crippen molar-refractivity contribution in [1.29, 1.82) is 0 Å². The van der Waals surface area contributed by atoms with Crippen LogP contribution in [0.4, 0.5) is 0 Å². The molecule has 0 radical (unpaired) electrons. The molecule has 0 spiro atoms. The molecular weight excluding hydrogens is 427 g/mol. The zero-order chi connectivity index (χ0) is 25.1. The lowest BCUT2D eigenvalue weighted by Crippen LogP contribution is -2.22. The van der Waals surface area contributed by atoms with E-state index in [4.69, 9.17) is 9.05 Å². The first-order chi connectivity index (χ1) is 14.8. The van der Waals surface area contributed by atoms with Crippen molar-refractivity contribution in [3.63, 3.8) is 0 Å². The van der Waals surface area contributed by atoms with E-state index in [0.717, 1.165) is 33.8 Å². The number of hydrogen-bond donors (Lipinski definition) is 1. The number of fused-ring (bicyclic) bond motifs is 2. The third-order valence-electron chi connectivity index (χ3n) is 6.40. The standard InChI is InChI=1S/C29H43O3P/c1-26(2,3)20-14-18-13-19-15-21(27(4,5)6)17-23(29(10,11)12)25(19)32-33(30)31-24(18)22(16-20)28(7,8)9/h14-17,30H,13H2,1-12H3. The molecule has 2 aromatic rings. The molecule has 182 valence electrons. The minimum Gasteiger partial charge on any atom is -0.417 e. The first kappa shape index (κ1) is 26.0. The van der Waals surface area contributed by atoms with Crippen LogP contribution < -0.4 is 9.05 Å². The van der Waals surface area contributed by atoms with Crippen LogP contribution in [-0.4, -0.2) is 4.89 Å². The van der Waals surface area contributed by atoms with Crippen LogP contribution in [0.15, 0.2) is 24.3 Å². The van der Waals surface area contributed by atoms with E-state index in [1.807, 2.05) is 0 Å². The lowest BCUT2D eigenvalue weighted by atomic mass is 9.76. The van der Waals surface area contributed by atoms with Crippen molar-refractivity contribution in [2.24, 2.45) is 0 Å². The van der Waals surface area contributed by atoms with Gasteiger partial charge in [0, 0.05) is 17.5 Å². The molecule has 1 aliphatic rings. The summed E-state index contributed by atoms with van der Waals surface area (Å²) >= 11 is 0. The van der Waals surface area contributed by atoms with E-state index in [9.17, 15) is 4.89 Å². The zero-order valence-corrected chi connectivity index (χ0v) is 23.6. The summed E-state index contributed by atoms with van der Waals surface area (Å²) in [4.78, 5) is 11.0. The van der Waals surface area contributed by atoms with E-state index in [1.54, 1.807) is 0 Å². The van der Waals surface area contributed by atoms with Crippen molar-refractivity contribution in [3.8, 4) is 11.5 Å². The Morgan fingerprint density at radius 1 is 0.576 bits per heavy atom. The fourth-order valence-electron chi connectivity index (χ4n) is 4.22. The van der Waals surface area contributed by atoms with Gasteiger partial charge >= 0.3 is 8.60 Å². The molecule has 1 N–H and O–H groups in total.